The van der Waals surface area contributed by atoms with Crippen LogP contribution in [0.5, 0.6) is 0 Å². The van der Waals surface area contributed by atoms with Crippen LogP contribution in [0.2, 0.25) is 0 Å². The van der Waals surface area contributed by atoms with Crippen molar-refractivity contribution in [3.63, 3.8) is 0 Å². The van der Waals surface area contributed by atoms with Gasteiger partial charge in [-0.3, -0.25) is 14.4 Å². The maximum Gasteiger partial charge on any atom is 0.289 e. The number of anilines is 1. The van der Waals surface area contributed by atoms with E-state index in [1.54, 1.807) is 43.3 Å². The zero-order chi connectivity index (χ0) is 20.2. The average Bonchev–Trinajstić information content (AvgIpc) is 2.60. The molecule has 0 saturated carbocycles. The number of sulfonamides is 1. The van der Waals surface area contributed by atoms with E-state index >= 15 is 0 Å². The SMILES string of the molecule is Cc1ccc(N(C[C@@H](O)CN(C)C)S(=O)(=O)c2ccccc2[N+](=O)[O-])cc1. The molecule has 2 aromatic rings. The number of benzene rings is 2. The van der Waals surface area contributed by atoms with E-state index in [1.807, 2.05) is 6.92 Å². The molecular weight excluding hydrogens is 370 g/mol. The molecule has 27 heavy (non-hydrogen) atoms. The van der Waals surface area contributed by atoms with Gasteiger partial charge >= 0.3 is 0 Å². The number of aryl methyl sites for hydroxylation is 1. The minimum atomic E-state index is -4.26. The van der Waals surface area contributed by atoms with E-state index in [1.165, 1.54) is 18.2 Å². The van der Waals surface area contributed by atoms with Crippen LogP contribution in [0.1, 0.15) is 5.56 Å². The fourth-order valence-corrected chi connectivity index (χ4v) is 4.33. The van der Waals surface area contributed by atoms with Crippen LogP contribution in [-0.2, 0) is 10.0 Å². The molecule has 8 nitrogen and oxygen atoms in total. The highest BCUT2D eigenvalue weighted by Gasteiger charge is 2.33. The Bertz CT molecular complexity index is 897. The van der Waals surface area contributed by atoms with Gasteiger partial charge in [0.2, 0.25) is 0 Å². The van der Waals surface area contributed by atoms with E-state index in [2.05, 4.69) is 0 Å². The smallest absolute Gasteiger partial charge is 0.289 e. The normalized spacial score (nSPS) is 12.8. The summed E-state index contributed by atoms with van der Waals surface area (Å²) < 4.78 is 27.5. The summed E-state index contributed by atoms with van der Waals surface area (Å²) in [5, 5.41) is 21.6. The van der Waals surface area contributed by atoms with Crippen molar-refractivity contribution in [2.75, 3.05) is 31.5 Å². The van der Waals surface area contributed by atoms with Crippen molar-refractivity contribution in [2.45, 2.75) is 17.9 Å². The lowest BCUT2D eigenvalue weighted by Gasteiger charge is -2.28. The zero-order valence-electron chi connectivity index (χ0n) is 15.4. The van der Waals surface area contributed by atoms with Crippen molar-refractivity contribution < 1.29 is 18.4 Å². The lowest BCUT2D eigenvalue weighted by molar-refractivity contribution is -0.387. The van der Waals surface area contributed by atoms with Gasteiger partial charge in [0.05, 0.1) is 23.3 Å². The molecule has 2 rings (SSSR count). The lowest BCUT2D eigenvalue weighted by atomic mass is 10.2. The van der Waals surface area contributed by atoms with Crippen molar-refractivity contribution in [2.24, 2.45) is 0 Å². The van der Waals surface area contributed by atoms with Crippen molar-refractivity contribution in [3.8, 4) is 0 Å². The number of hydrogen-bond acceptors (Lipinski definition) is 6. The number of nitrogens with zero attached hydrogens (tertiary/aromatic N) is 3. The topological polar surface area (TPSA) is 104 Å². The van der Waals surface area contributed by atoms with Crippen LogP contribution < -0.4 is 4.31 Å². The van der Waals surface area contributed by atoms with Crippen molar-refractivity contribution in [3.05, 3.63) is 64.2 Å². The molecule has 0 heterocycles. The van der Waals surface area contributed by atoms with Gasteiger partial charge in [-0.15, -0.1) is 0 Å². The predicted molar refractivity (Wildman–Crippen MR) is 103 cm³/mol. The molecular formula is C18H23N3O5S. The molecule has 0 aliphatic rings. The first-order chi connectivity index (χ1) is 12.6. The maximum absolute atomic E-state index is 13.3. The van der Waals surface area contributed by atoms with Crippen LogP contribution in [0.3, 0.4) is 0 Å². The molecule has 0 bridgehead atoms. The van der Waals surface area contributed by atoms with Crippen molar-refractivity contribution in [1.29, 1.82) is 0 Å². The van der Waals surface area contributed by atoms with Gasteiger partial charge in [-0.05, 0) is 39.2 Å². The van der Waals surface area contributed by atoms with Crippen LogP contribution in [0, 0.1) is 17.0 Å². The third-order valence-corrected chi connectivity index (χ3v) is 5.75. The molecule has 0 aliphatic carbocycles. The molecule has 9 heteroatoms. The van der Waals surface area contributed by atoms with Crippen LogP contribution in [0.25, 0.3) is 0 Å². The molecule has 0 radical (unpaired) electrons. The molecule has 1 N–H and O–H groups in total. The molecule has 1 atom stereocenters. The first-order valence-electron chi connectivity index (χ1n) is 8.28. The van der Waals surface area contributed by atoms with E-state index in [0.717, 1.165) is 15.9 Å². The highest BCUT2D eigenvalue weighted by molar-refractivity contribution is 7.93. The maximum atomic E-state index is 13.3. The third kappa shape index (κ3) is 5.03. The van der Waals surface area contributed by atoms with Crippen LogP contribution in [0.15, 0.2) is 53.4 Å². The molecule has 0 fully saturated rings. The van der Waals surface area contributed by atoms with E-state index < -0.39 is 31.6 Å². The number of hydrogen-bond donors (Lipinski definition) is 1. The van der Waals surface area contributed by atoms with Gasteiger partial charge in [0.1, 0.15) is 0 Å². The summed E-state index contributed by atoms with van der Waals surface area (Å²) in [5.74, 6) is 0. The number of aliphatic hydroxyl groups is 1. The first-order valence-corrected chi connectivity index (χ1v) is 9.72. The molecule has 0 aliphatic heterocycles. The fourth-order valence-electron chi connectivity index (χ4n) is 2.67. The molecule has 0 unspecified atom stereocenters. The Morgan fingerprint density at radius 1 is 1.07 bits per heavy atom. The Balaban J connectivity index is 2.55. The Labute approximate surface area is 158 Å². The average molecular weight is 393 g/mol. The highest BCUT2D eigenvalue weighted by atomic mass is 32.2. The molecule has 0 aromatic heterocycles. The number of likely N-dealkylation sites (N-methyl/N-ethyl adjacent to an activating group) is 1. The third-order valence-electron chi connectivity index (χ3n) is 3.90. The van der Waals surface area contributed by atoms with Gasteiger partial charge in [0.25, 0.3) is 15.7 Å². The van der Waals surface area contributed by atoms with Crippen LogP contribution in [-0.4, -0.2) is 56.6 Å². The molecule has 0 saturated heterocycles. The largest absolute Gasteiger partial charge is 0.390 e. The summed E-state index contributed by atoms with van der Waals surface area (Å²) in [6, 6.07) is 11.9. The van der Waals surface area contributed by atoms with Gasteiger partial charge in [0.15, 0.2) is 4.90 Å². The quantitative estimate of drug-likeness (QED) is 0.544. The standard InChI is InChI=1S/C18H23N3O5S/c1-14-8-10-15(11-9-14)20(13-16(22)12-19(2)3)27(25,26)18-7-5-4-6-17(18)21(23)24/h4-11,16,22H,12-13H2,1-3H3/t16-/m0/s1. The van der Waals surface area contributed by atoms with E-state index in [0.29, 0.717) is 5.69 Å². The number of rotatable bonds is 8. The van der Waals surface area contributed by atoms with Gasteiger partial charge in [-0.2, -0.15) is 0 Å². The van der Waals surface area contributed by atoms with Gasteiger partial charge in [-0.1, -0.05) is 29.8 Å². The minimum Gasteiger partial charge on any atom is -0.390 e. The highest BCUT2D eigenvalue weighted by Crippen LogP contribution is 2.30. The second-order valence-electron chi connectivity index (χ2n) is 6.51. The molecule has 0 amide bonds. The zero-order valence-corrected chi connectivity index (χ0v) is 16.3. The fraction of sp³-hybridized carbons (Fsp3) is 0.333. The van der Waals surface area contributed by atoms with E-state index in [4.69, 9.17) is 0 Å². The Kier molecular flexibility index (Phi) is 6.53. The summed E-state index contributed by atoms with van der Waals surface area (Å²) >= 11 is 0. The minimum absolute atomic E-state index is 0.227. The Hall–Kier alpha value is -2.49. The number of aliphatic hydroxyl groups excluding tert-OH is 1. The van der Waals surface area contributed by atoms with Crippen LogP contribution in [0.4, 0.5) is 11.4 Å². The summed E-state index contributed by atoms with van der Waals surface area (Å²) in [6.45, 7) is 1.88. The number of nitro groups is 1. The Morgan fingerprint density at radius 3 is 2.22 bits per heavy atom. The molecule has 0 spiro atoms. The van der Waals surface area contributed by atoms with Crippen molar-refractivity contribution >= 4 is 21.4 Å². The number of nitro benzene ring substituents is 1. The first kappa shape index (κ1) is 20.8. The van der Waals surface area contributed by atoms with Gasteiger partial charge in [0, 0.05) is 12.6 Å². The van der Waals surface area contributed by atoms with Gasteiger partial charge < -0.3 is 10.0 Å². The Morgan fingerprint density at radius 2 is 1.67 bits per heavy atom. The number of para-hydroxylation sites is 1. The summed E-state index contributed by atoms with van der Waals surface area (Å²) in [7, 11) is -0.741. The lowest BCUT2D eigenvalue weighted by Crippen LogP contribution is -2.41. The second kappa shape index (κ2) is 8.47. The molecule has 146 valence electrons. The summed E-state index contributed by atoms with van der Waals surface area (Å²) in [5.41, 5.74) is 0.767. The summed E-state index contributed by atoms with van der Waals surface area (Å²) in [4.78, 5) is 11.9. The monoisotopic (exact) mass is 393 g/mol. The molecule has 2 aromatic carbocycles. The van der Waals surface area contributed by atoms with Crippen molar-refractivity contribution in [1.82, 2.24) is 4.90 Å². The van der Waals surface area contributed by atoms with Crippen LogP contribution >= 0.6 is 0 Å². The van der Waals surface area contributed by atoms with E-state index in [9.17, 15) is 23.6 Å². The van der Waals surface area contributed by atoms with E-state index in [-0.39, 0.29) is 13.1 Å². The second-order valence-corrected chi connectivity index (χ2v) is 8.34. The summed E-state index contributed by atoms with van der Waals surface area (Å²) in [6.07, 6.45) is -0.973. The predicted octanol–water partition coefficient (Wildman–Crippen LogP) is 2.02. The van der Waals surface area contributed by atoms with Gasteiger partial charge in [-0.25, -0.2) is 8.42 Å².